The first-order valence-corrected chi connectivity index (χ1v) is 10.3. The lowest BCUT2D eigenvalue weighted by molar-refractivity contribution is -0.0498. The second-order valence-corrected chi connectivity index (χ2v) is 7.68. The molecule has 0 saturated carbocycles. The molecule has 0 unspecified atom stereocenters. The Morgan fingerprint density at radius 2 is 1.71 bits per heavy atom. The lowest BCUT2D eigenvalue weighted by Gasteiger charge is -2.11. The normalized spacial score (nSPS) is 11.3. The van der Waals surface area contributed by atoms with Gasteiger partial charge in [0.25, 0.3) is 11.6 Å². The van der Waals surface area contributed by atoms with Crippen LogP contribution in [-0.4, -0.2) is 49.1 Å². The Morgan fingerprint density at radius 1 is 1.00 bits per heavy atom. The van der Waals surface area contributed by atoms with E-state index in [9.17, 15) is 18.4 Å². The van der Waals surface area contributed by atoms with E-state index in [0.717, 1.165) is 17.1 Å². The van der Waals surface area contributed by atoms with Crippen molar-refractivity contribution in [3.05, 3.63) is 70.6 Å². The van der Waals surface area contributed by atoms with E-state index in [-0.39, 0.29) is 17.4 Å². The van der Waals surface area contributed by atoms with Crippen LogP contribution in [0.4, 0.5) is 8.78 Å². The highest BCUT2D eigenvalue weighted by molar-refractivity contribution is 6.00. The van der Waals surface area contributed by atoms with E-state index in [4.69, 9.17) is 4.74 Å². The molecule has 1 aromatic carbocycles. The fourth-order valence-electron chi connectivity index (χ4n) is 3.75. The van der Waals surface area contributed by atoms with Crippen molar-refractivity contribution in [1.29, 1.82) is 0 Å². The molecule has 3 aromatic heterocycles. The lowest BCUT2D eigenvalue weighted by atomic mass is 10.1. The van der Waals surface area contributed by atoms with E-state index >= 15 is 0 Å². The Hall–Kier alpha value is -4.15. The van der Waals surface area contributed by atoms with E-state index in [0.29, 0.717) is 16.9 Å². The van der Waals surface area contributed by atoms with Crippen molar-refractivity contribution in [3.63, 3.8) is 0 Å². The van der Waals surface area contributed by atoms with Gasteiger partial charge < -0.3 is 14.0 Å². The van der Waals surface area contributed by atoms with Crippen LogP contribution in [-0.2, 0) is 4.74 Å². The third kappa shape index (κ3) is 4.49. The maximum Gasteiger partial charge on any atom is 0.387 e. The van der Waals surface area contributed by atoms with Gasteiger partial charge in [0.05, 0.1) is 0 Å². The minimum atomic E-state index is -2.91. The average Bonchev–Trinajstić information content (AvgIpc) is 3.33. The molecule has 0 aliphatic carbocycles. The van der Waals surface area contributed by atoms with Crippen LogP contribution in [0.5, 0.6) is 5.75 Å². The summed E-state index contributed by atoms with van der Waals surface area (Å²) in [6, 6.07) is 9.54. The number of carbonyl (C=O) groups excluding carboxylic acids is 2. The molecule has 0 radical (unpaired) electrons. The highest BCUT2D eigenvalue weighted by atomic mass is 19.3. The predicted molar refractivity (Wildman–Crippen MR) is 117 cm³/mol. The van der Waals surface area contributed by atoms with Gasteiger partial charge in [-0.1, -0.05) is 0 Å². The molecular weight excluding hydrogens is 448 g/mol. The number of aryl methyl sites for hydroxylation is 3. The number of halogens is 2. The first kappa shape index (κ1) is 23.0. The number of ether oxygens (including phenoxy) is 2. The molecule has 0 saturated heterocycles. The molecule has 0 aliphatic heterocycles. The highest BCUT2D eigenvalue weighted by Crippen LogP contribution is 2.24. The molecule has 34 heavy (non-hydrogen) atoms. The molecule has 3 heterocycles. The van der Waals surface area contributed by atoms with Crippen LogP contribution < -0.4 is 4.74 Å². The minimum Gasteiger partial charge on any atom is -0.451 e. The number of ketones is 1. The van der Waals surface area contributed by atoms with E-state index in [1.165, 1.54) is 16.6 Å². The van der Waals surface area contributed by atoms with Gasteiger partial charge in [-0.2, -0.15) is 13.8 Å². The molecule has 0 amide bonds. The summed E-state index contributed by atoms with van der Waals surface area (Å²) in [5.41, 5.74) is 3.88. The molecule has 9 nitrogen and oxygen atoms in total. The lowest BCUT2D eigenvalue weighted by Crippen LogP contribution is -2.16. The zero-order chi connectivity index (χ0) is 24.6. The molecule has 4 rings (SSSR count). The van der Waals surface area contributed by atoms with Crippen LogP contribution in [0.15, 0.2) is 36.4 Å². The number of Topliss-reactive ketones (excluding diaryl/α,β-unsaturated/α-hetero) is 1. The van der Waals surface area contributed by atoms with Crippen LogP contribution in [0.25, 0.3) is 11.5 Å². The minimum absolute atomic E-state index is 0.0329. The fraction of sp³-hybridized carbons (Fsp3) is 0.261. The number of benzene rings is 1. The second kappa shape index (κ2) is 9.00. The molecule has 0 fully saturated rings. The molecule has 11 heteroatoms. The Bertz CT molecular complexity index is 1390. The van der Waals surface area contributed by atoms with E-state index in [1.807, 2.05) is 6.92 Å². The number of esters is 1. The van der Waals surface area contributed by atoms with Crippen LogP contribution in [0.3, 0.4) is 0 Å². The van der Waals surface area contributed by atoms with Crippen molar-refractivity contribution in [2.75, 3.05) is 6.61 Å². The molecule has 0 aliphatic rings. The zero-order valence-electron chi connectivity index (χ0n) is 18.9. The van der Waals surface area contributed by atoms with Crippen molar-refractivity contribution in [2.24, 2.45) is 0 Å². The third-order valence-corrected chi connectivity index (χ3v) is 5.19. The standard InChI is InChI=1S/C23H21F2N5O4/c1-12-9-14(3)30-23(26-12)27-20(28-30)21(32)33-11-19(31)18-10-13(2)29(15(18)4)16-5-7-17(8-6-16)34-22(24)25/h5-10,22H,11H2,1-4H3. The van der Waals surface area contributed by atoms with Crippen LogP contribution in [0.1, 0.15) is 43.8 Å². The van der Waals surface area contributed by atoms with Crippen molar-refractivity contribution in [3.8, 4) is 11.4 Å². The summed E-state index contributed by atoms with van der Waals surface area (Å²) in [6.07, 6.45) is 0. The quantitative estimate of drug-likeness (QED) is 0.300. The summed E-state index contributed by atoms with van der Waals surface area (Å²) in [4.78, 5) is 33.5. The first-order valence-electron chi connectivity index (χ1n) is 10.3. The number of hydrogen-bond acceptors (Lipinski definition) is 7. The molecule has 0 atom stereocenters. The number of rotatable bonds is 7. The number of hydrogen-bond donors (Lipinski definition) is 0. The second-order valence-electron chi connectivity index (χ2n) is 7.68. The molecular formula is C23H21F2N5O4. The van der Waals surface area contributed by atoms with Gasteiger partial charge in [-0.05, 0) is 64.1 Å². The molecule has 0 bridgehead atoms. The van der Waals surface area contributed by atoms with Gasteiger partial charge in [-0.3, -0.25) is 4.79 Å². The highest BCUT2D eigenvalue weighted by Gasteiger charge is 2.21. The number of aromatic nitrogens is 5. The summed E-state index contributed by atoms with van der Waals surface area (Å²) >= 11 is 0. The summed E-state index contributed by atoms with van der Waals surface area (Å²) in [5, 5.41) is 4.10. The number of fused-ring (bicyclic) bond motifs is 1. The van der Waals surface area contributed by atoms with E-state index in [1.54, 1.807) is 49.6 Å². The summed E-state index contributed by atoms with van der Waals surface area (Å²) in [6.45, 7) is 3.76. The van der Waals surface area contributed by atoms with Gasteiger partial charge in [0.1, 0.15) is 5.75 Å². The topological polar surface area (TPSA) is 101 Å². The molecule has 4 aromatic rings. The maximum absolute atomic E-state index is 12.8. The number of carbonyl (C=O) groups is 2. The van der Waals surface area contributed by atoms with Gasteiger partial charge in [0.15, 0.2) is 6.61 Å². The summed E-state index contributed by atoms with van der Waals surface area (Å²) in [5.74, 6) is -1.13. The van der Waals surface area contributed by atoms with Gasteiger partial charge in [0.2, 0.25) is 5.78 Å². The van der Waals surface area contributed by atoms with Crippen molar-refractivity contribution in [1.82, 2.24) is 24.1 Å². The Kier molecular flexibility index (Phi) is 6.10. The largest absolute Gasteiger partial charge is 0.451 e. The zero-order valence-corrected chi connectivity index (χ0v) is 18.9. The van der Waals surface area contributed by atoms with Gasteiger partial charge >= 0.3 is 12.6 Å². The average molecular weight is 469 g/mol. The van der Waals surface area contributed by atoms with E-state index in [2.05, 4.69) is 19.8 Å². The van der Waals surface area contributed by atoms with Gasteiger partial charge in [-0.25, -0.2) is 14.3 Å². The fourth-order valence-corrected chi connectivity index (χ4v) is 3.75. The smallest absolute Gasteiger partial charge is 0.387 e. The summed E-state index contributed by atoms with van der Waals surface area (Å²) < 4.78 is 37.5. The van der Waals surface area contributed by atoms with Crippen molar-refractivity contribution < 1.29 is 27.8 Å². The SMILES string of the molecule is Cc1cc(C)n2nc(C(=O)OCC(=O)c3cc(C)n(-c4ccc(OC(F)F)cc4)c3C)nc2n1. The van der Waals surface area contributed by atoms with Crippen LogP contribution in [0.2, 0.25) is 0 Å². The Balaban J connectivity index is 1.49. The first-order chi connectivity index (χ1) is 16.1. The monoisotopic (exact) mass is 469 g/mol. The van der Waals surface area contributed by atoms with Crippen molar-refractivity contribution >= 4 is 17.5 Å². The molecule has 0 spiro atoms. The van der Waals surface area contributed by atoms with Gasteiger partial charge in [-0.15, -0.1) is 5.10 Å². The summed E-state index contributed by atoms with van der Waals surface area (Å²) in [7, 11) is 0. The van der Waals surface area contributed by atoms with Crippen molar-refractivity contribution in [2.45, 2.75) is 34.3 Å². The molecule has 0 N–H and O–H groups in total. The maximum atomic E-state index is 12.8. The Labute approximate surface area is 193 Å². The van der Waals surface area contributed by atoms with Gasteiger partial charge in [0, 0.05) is 34.0 Å². The number of alkyl halides is 2. The third-order valence-electron chi connectivity index (χ3n) is 5.19. The van der Waals surface area contributed by atoms with Crippen LogP contribution in [0, 0.1) is 27.7 Å². The number of nitrogens with zero attached hydrogens (tertiary/aromatic N) is 5. The van der Waals surface area contributed by atoms with Crippen LogP contribution >= 0.6 is 0 Å². The van der Waals surface area contributed by atoms with E-state index < -0.39 is 25.0 Å². The predicted octanol–water partition coefficient (Wildman–Crippen LogP) is 3.79. The molecule has 176 valence electrons. The Morgan fingerprint density at radius 3 is 2.38 bits per heavy atom.